The molecular formula is C14H15ClN2O2S. The monoisotopic (exact) mass is 310 g/mol. The van der Waals surface area contributed by atoms with E-state index in [9.17, 15) is 4.79 Å². The predicted molar refractivity (Wildman–Crippen MR) is 81.1 cm³/mol. The summed E-state index contributed by atoms with van der Waals surface area (Å²) in [5, 5.41) is 14.8. The second-order valence-corrected chi connectivity index (χ2v) is 5.84. The van der Waals surface area contributed by atoms with Crippen molar-refractivity contribution in [2.75, 3.05) is 13.2 Å². The fourth-order valence-corrected chi connectivity index (χ4v) is 2.46. The second kappa shape index (κ2) is 6.83. The van der Waals surface area contributed by atoms with Crippen LogP contribution in [0.15, 0.2) is 29.6 Å². The molecule has 1 atom stereocenters. The lowest BCUT2D eigenvalue weighted by molar-refractivity contribution is 0.0938. The van der Waals surface area contributed by atoms with Crippen LogP contribution in [0.3, 0.4) is 0 Å². The first-order chi connectivity index (χ1) is 9.60. The summed E-state index contributed by atoms with van der Waals surface area (Å²) < 4.78 is 0. The number of hydrogen-bond acceptors (Lipinski definition) is 4. The van der Waals surface area contributed by atoms with E-state index in [1.807, 2.05) is 19.1 Å². The number of nitrogens with zero attached hydrogens (tertiary/aromatic N) is 1. The summed E-state index contributed by atoms with van der Waals surface area (Å²) in [6, 6.07) is 7.33. The average Bonchev–Trinajstić information content (AvgIpc) is 2.95. The average molecular weight is 311 g/mol. The maximum atomic E-state index is 11.9. The molecule has 2 N–H and O–H groups in total. The summed E-state index contributed by atoms with van der Waals surface area (Å²) in [4.78, 5) is 16.2. The molecule has 1 aromatic carbocycles. The third-order valence-electron chi connectivity index (χ3n) is 2.75. The molecule has 0 aliphatic heterocycles. The highest BCUT2D eigenvalue weighted by atomic mass is 35.5. The molecule has 2 rings (SSSR count). The predicted octanol–water partition coefficient (Wildman–Crippen LogP) is 2.82. The molecule has 1 amide bonds. The first kappa shape index (κ1) is 15.0. The van der Waals surface area contributed by atoms with Crippen LogP contribution in [0.4, 0.5) is 0 Å². The van der Waals surface area contributed by atoms with Gasteiger partial charge in [-0.15, -0.1) is 11.3 Å². The molecule has 6 heteroatoms. The van der Waals surface area contributed by atoms with Crippen molar-refractivity contribution < 1.29 is 9.90 Å². The summed E-state index contributed by atoms with van der Waals surface area (Å²) in [5.41, 5.74) is 1.33. The quantitative estimate of drug-likeness (QED) is 0.892. The highest BCUT2D eigenvalue weighted by Gasteiger charge is 2.12. The number of halogens is 1. The topological polar surface area (TPSA) is 62.2 Å². The fourth-order valence-electron chi connectivity index (χ4n) is 1.53. The first-order valence-corrected chi connectivity index (χ1v) is 7.46. The Bertz CT molecular complexity index is 583. The molecule has 106 valence electrons. The van der Waals surface area contributed by atoms with Crippen LogP contribution in [0.1, 0.15) is 17.4 Å². The number of hydrogen-bond donors (Lipinski definition) is 2. The van der Waals surface area contributed by atoms with Crippen LogP contribution in [0, 0.1) is 5.92 Å². The van der Waals surface area contributed by atoms with Crippen molar-refractivity contribution in [2.24, 2.45) is 5.92 Å². The van der Waals surface area contributed by atoms with E-state index in [2.05, 4.69) is 10.3 Å². The van der Waals surface area contributed by atoms with Gasteiger partial charge in [0.15, 0.2) is 0 Å². The van der Waals surface area contributed by atoms with Gasteiger partial charge >= 0.3 is 0 Å². The lowest BCUT2D eigenvalue weighted by Crippen LogP contribution is -2.29. The van der Waals surface area contributed by atoms with Gasteiger partial charge in [0, 0.05) is 29.1 Å². The van der Waals surface area contributed by atoms with Gasteiger partial charge in [0.25, 0.3) is 5.91 Å². The van der Waals surface area contributed by atoms with Crippen LogP contribution in [-0.2, 0) is 0 Å². The van der Waals surface area contributed by atoms with Gasteiger partial charge in [-0.25, -0.2) is 4.98 Å². The summed E-state index contributed by atoms with van der Waals surface area (Å²) in [6.07, 6.45) is 0. The standard InChI is InChI=1S/C14H15ClN2O2S/c1-9(7-18)6-16-13(19)12-8-20-14(17-12)10-2-4-11(15)5-3-10/h2-5,8-9,18H,6-7H2,1H3,(H,16,19). The molecule has 2 aromatic rings. The van der Waals surface area contributed by atoms with Crippen molar-refractivity contribution in [3.8, 4) is 10.6 Å². The van der Waals surface area contributed by atoms with Crippen molar-refractivity contribution in [3.05, 3.63) is 40.4 Å². The lowest BCUT2D eigenvalue weighted by Gasteiger charge is -2.07. The molecule has 1 heterocycles. The van der Waals surface area contributed by atoms with Crippen LogP contribution in [0.5, 0.6) is 0 Å². The second-order valence-electron chi connectivity index (χ2n) is 4.54. The maximum absolute atomic E-state index is 11.9. The fraction of sp³-hybridized carbons (Fsp3) is 0.286. The Morgan fingerprint density at radius 2 is 2.15 bits per heavy atom. The summed E-state index contributed by atoms with van der Waals surface area (Å²) in [6.45, 7) is 2.34. The zero-order valence-corrected chi connectivity index (χ0v) is 12.5. The van der Waals surface area contributed by atoms with Crippen LogP contribution < -0.4 is 5.32 Å². The number of benzene rings is 1. The Balaban J connectivity index is 2.05. The van der Waals surface area contributed by atoms with E-state index >= 15 is 0 Å². The molecule has 0 bridgehead atoms. The minimum Gasteiger partial charge on any atom is -0.396 e. The first-order valence-electron chi connectivity index (χ1n) is 6.20. The van der Waals surface area contributed by atoms with E-state index in [4.69, 9.17) is 16.7 Å². The number of aromatic nitrogens is 1. The molecule has 0 saturated heterocycles. The number of amides is 1. The Labute approximate surface area is 126 Å². The number of rotatable bonds is 5. The molecule has 1 unspecified atom stereocenters. The third kappa shape index (κ3) is 3.79. The molecule has 0 fully saturated rings. The van der Waals surface area contributed by atoms with Gasteiger partial charge in [-0.05, 0) is 18.1 Å². The molecule has 0 spiro atoms. The molecular weight excluding hydrogens is 296 g/mol. The lowest BCUT2D eigenvalue weighted by atomic mass is 10.2. The molecule has 0 saturated carbocycles. The molecule has 0 aliphatic carbocycles. The van der Waals surface area contributed by atoms with Crippen molar-refractivity contribution in [1.82, 2.24) is 10.3 Å². The number of aliphatic hydroxyl groups is 1. The Kier molecular flexibility index (Phi) is 5.11. The van der Waals surface area contributed by atoms with Gasteiger partial charge < -0.3 is 10.4 Å². The van der Waals surface area contributed by atoms with Gasteiger partial charge in [0.2, 0.25) is 0 Å². The SMILES string of the molecule is CC(CO)CNC(=O)c1csc(-c2ccc(Cl)cc2)n1. The Hall–Kier alpha value is -1.43. The third-order valence-corrected chi connectivity index (χ3v) is 3.89. The van der Waals surface area contributed by atoms with Gasteiger partial charge in [0.05, 0.1) is 0 Å². The van der Waals surface area contributed by atoms with E-state index in [0.717, 1.165) is 10.6 Å². The van der Waals surface area contributed by atoms with E-state index in [-0.39, 0.29) is 18.4 Å². The van der Waals surface area contributed by atoms with Crippen LogP contribution in [-0.4, -0.2) is 29.1 Å². The van der Waals surface area contributed by atoms with Gasteiger partial charge in [-0.1, -0.05) is 30.7 Å². The minimum absolute atomic E-state index is 0.0355. The highest BCUT2D eigenvalue weighted by molar-refractivity contribution is 7.13. The van der Waals surface area contributed by atoms with Crippen LogP contribution in [0.2, 0.25) is 5.02 Å². The van der Waals surface area contributed by atoms with E-state index in [1.54, 1.807) is 17.5 Å². The molecule has 4 nitrogen and oxygen atoms in total. The van der Waals surface area contributed by atoms with E-state index in [0.29, 0.717) is 17.3 Å². The summed E-state index contributed by atoms with van der Waals surface area (Å²) in [5.74, 6) is -0.185. The highest BCUT2D eigenvalue weighted by Crippen LogP contribution is 2.25. The zero-order valence-electron chi connectivity index (χ0n) is 11.0. The van der Waals surface area contributed by atoms with Crippen molar-refractivity contribution >= 4 is 28.8 Å². The van der Waals surface area contributed by atoms with E-state index < -0.39 is 0 Å². The van der Waals surface area contributed by atoms with Crippen LogP contribution >= 0.6 is 22.9 Å². The van der Waals surface area contributed by atoms with Gasteiger partial charge in [0.1, 0.15) is 10.7 Å². The maximum Gasteiger partial charge on any atom is 0.270 e. The summed E-state index contributed by atoms with van der Waals surface area (Å²) >= 11 is 7.25. The smallest absolute Gasteiger partial charge is 0.270 e. The number of carbonyl (C=O) groups excluding carboxylic acids is 1. The van der Waals surface area contributed by atoms with Crippen LogP contribution in [0.25, 0.3) is 10.6 Å². The Morgan fingerprint density at radius 1 is 1.45 bits per heavy atom. The number of carbonyl (C=O) groups is 1. The minimum atomic E-state index is -0.221. The molecule has 20 heavy (non-hydrogen) atoms. The molecule has 0 aliphatic rings. The number of thiazole rings is 1. The Morgan fingerprint density at radius 3 is 2.80 bits per heavy atom. The molecule has 1 aromatic heterocycles. The van der Waals surface area contributed by atoms with Gasteiger partial charge in [-0.2, -0.15) is 0 Å². The molecule has 0 radical (unpaired) electrons. The largest absolute Gasteiger partial charge is 0.396 e. The van der Waals surface area contributed by atoms with Crippen molar-refractivity contribution in [2.45, 2.75) is 6.92 Å². The summed E-state index contributed by atoms with van der Waals surface area (Å²) in [7, 11) is 0. The van der Waals surface area contributed by atoms with Crippen molar-refractivity contribution in [3.63, 3.8) is 0 Å². The van der Waals surface area contributed by atoms with E-state index in [1.165, 1.54) is 11.3 Å². The number of aliphatic hydroxyl groups excluding tert-OH is 1. The number of nitrogens with one attached hydrogen (secondary N) is 1. The normalized spacial score (nSPS) is 12.2. The van der Waals surface area contributed by atoms with Crippen molar-refractivity contribution in [1.29, 1.82) is 0 Å². The zero-order chi connectivity index (χ0) is 14.5. The van der Waals surface area contributed by atoms with Gasteiger partial charge in [-0.3, -0.25) is 4.79 Å².